The molecule has 0 fully saturated rings. The highest BCUT2D eigenvalue weighted by atomic mass is 14.8. The van der Waals surface area contributed by atoms with Gasteiger partial charge in [0, 0.05) is 23.6 Å². The molecule has 1 aromatic carbocycles. The van der Waals surface area contributed by atoms with E-state index in [4.69, 9.17) is 0 Å². The molecule has 3 rings (SSSR count). The molecule has 16 heavy (non-hydrogen) atoms. The van der Waals surface area contributed by atoms with Crippen LogP contribution in [0.2, 0.25) is 0 Å². The Morgan fingerprint density at radius 1 is 1.19 bits per heavy atom. The first-order valence-electron chi connectivity index (χ1n) is 5.44. The van der Waals surface area contributed by atoms with Crippen LogP contribution in [-0.4, -0.2) is 11.2 Å². The van der Waals surface area contributed by atoms with Crippen LogP contribution in [0.15, 0.2) is 35.3 Å². The molecule has 0 N–H and O–H groups in total. The van der Waals surface area contributed by atoms with Crippen molar-refractivity contribution in [2.75, 3.05) is 0 Å². The van der Waals surface area contributed by atoms with Crippen LogP contribution in [0.3, 0.4) is 0 Å². The van der Waals surface area contributed by atoms with Crippen LogP contribution in [0.5, 0.6) is 0 Å². The third kappa shape index (κ3) is 1.34. The number of rotatable bonds is 0. The number of nitrogens with zero attached hydrogens (tertiary/aromatic N) is 2. The third-order valence-electron chi connectivity index (χ3n) is 2.83. The molecular weight excluding hydrogens is 196 g/mol. The van der Waals surface area contributed by atoms with Crippen LogP contribution in [0, 0.1) is 6.92 Å². The first-order chi connectivity index (χ1) is 7.86. The molecule has 0 spiro atoms. The number of benzene rings is 1. The Hall–Kier alpha value is -1.96. The van der Waals surface area contributed by atoms with Crippen molar-refractivity contribution in [3.63, 3.8) is 0 Å². The lowest BCUT2D eigenvalue weighted by Gasteiger charge is -2.07. The number of fused-ring (bicyclic) bond motifs is 3. The number of para-hydroxylation sites is 1. The molecule has 2 heterocycles. The molecular formula is C14H12N2. The van der Waals surface area contributed by atoms with Gasteiger partial charge in [-0.1, -0.05) is 30.4 Å². The van der Waals surface area contributed by atoms with Crippen molar-refractivity contribution in [2.24, 2.45) is 4.99 Å². The lowest BCUT2D eigenvalue weighted by molar-refractivity contribution is 1.23. The molecule has 0 atom stereocenters. The molecule has 0 bridgehead atoms. The number of pyridine rings is 1. The largest absolute Gasteiger partial charge is 0.258 e. The van der Waals surface area contributed by atoms with Crippen molar-refractivity contribution in [3.05, 3.63) is 41.6 Å². The summed E-state index contributed by atoms with van der Waals surface area (Å²) in [6.45, 7) is 2.02. The Bertz CT molecular complexity index is 609. The average Bonchev–Trinajstić information content (AvgIpc) is 2.55. The van der Waals surface area contributed by atoms with Gasteiger partial charge in [0.05, 0.1) is 16.9 Å². The zero-order valence-electron chi connectivity index (χ0n) is 9.14. The summed E-state index contributed by atoms with van der Waals surface area (Å²) in [5, 5.41) is 1.18. The van der Waals surface area contributed by atoms with Crippen molar-refractivity contribution in [1.29, 1.82) is 0 Å². The topological polar surface area (TPSA) is 25.2 Å². The minimum absolute atomic E-state index is 0.891. The molecule has 0 amide bonds. The fourth-order valence-electron chi connectivity index (χ4n) is 2.08. The van der Waals surface area contributed by atoms with Gasteiger partial charge in [-0.3, -0.25) is 9.98 Å². The van der Waals surface area contributed by atoms with Crippen molar-refractivity contribution in [1.82, 2.24) is 4.98 Å². The number of hydrogen-bond donors (Lipinski definition) is 0. The number of hydrogen-bond acceptors (Lipinski definition) is 2. The average molecular weight is 208 g/mol. The Balaban J connectivity index is 2.47. The monoisotopic (exact) mass is 208 g/mol. The van der Waals surface area contributed by atoms with E-state index < -0.39 is 0 Å². The molecule has 1 aliphatic heterocycles. The number of aryl methyl sites for hydroxylation is 1. The van der Waals surface area contributed by atoms with E-state index in [2.05, 4.69) is 28.2 Å². The summed E-state index contributed by atoms with van der Waals surface area (Å²) in [5.74, 6) is 0. The van der Waals surface area contributed by atoms with Crippen molar-refractivity contribution in [2.45, 2.75) is 13.3 Å². The Kier molecular flexibility index (Phi) is 2.07. The van der Waals surface area contributed by atoms with Gasteiger partial charge in [0.1, 0.15) is 0 Å². The minimum atomic E-state index is 0.891. The molecule has 78 valence electrons. The van der Waals surface area contributed by atoms with Crippen LogP contribution >= 0.6 is 0 Å². The van der Waals surface area contributed by atoms with Crippen molar-refractivity contribution in [3.8, 4) is 0 Å². The quantitative estimate of drug-likeness (QED) is 0.648. The van der Waals surface area contributed by atoms with Crippen LogP contribution in [0.1, 0.15) is 17.7 Å². The number of aliphatic imine (C=N–C) groups is 1. The summed E-state index contributed by atoms with van der Waals surface area (Å²) in [6, 6.07) is 8.21. The number of allylic oxidation sites excluding steroid dienone is 1. The molecule has 2 aromatic rings. The highest BCUT2D eigenvalue weighted by Gasteiger charge is 2.10. The zero-order chi connectivity index (χ0) is 11.0. The van der Waals surface area contributed by atoms with E-state index in [-0.39, 0.29) is 0 Å². The standard InChI is InChI=1S/C14H12N2/c1-10-14-12(7-4-5-9-15-14)11-6-2-3-8-13(11)16-10/h2-4,6-9H,5H2,1H3. The molecule has 0 saturated heterocycles. The van der Waals surface area contributed by atoms with Crippen LogP contribution < -0.4 is 0 Å². The van der Waals surface area contributed by atoms with Gasteiger partial charge >= 0.3 is 0 Å². The fourth-order valence-corrected chi connectivity index (χ4v) is 2.08. The highest BCUT2D eigenvalue weighted by Crippen LogP contribution is 2.31. The maximum atomic E-state index is 4.58. The summed E-state index contributed by atoms with van der Waals surface area (Å²) in [7, 11) is 0. The SMILES string of the molecule is Cc1nc2ccccc2c2c1N=CCC=C2. The van der Waals surface area contributed by atoms with Crippen LogP contribution in [0.4, 0.5) is 5.69 Å². The van der Waals surface area contributed by atoms with E-state index in [1.165, 1.54) is 10.9 Å². The molecule has 0 unspecified atom stereocenters. The zero-order valence-corrected chi connectivity index (χ0v) is 9.14. The highest BCUT2D eigenvalue weighted by molar-refractivity contribution is 5.95. The minimum Gasteiger partial charge on any atom is -0.258 e. The molecule has 1 aliphatic rings. The maximum Gasteiger partial charge on any atom is 0.0916 e. The predicted molar refractivity (Wildman–Crippen MR) is 68.3 cm³/mol. The molecule has 2 heteroatoms. The lowest BCUT2D eigenvalue weighted by Crippen LogP contribution is -1.89. The van der Waals surface area contributed by atoms with Gasteiger partial charge in [-0.05, 0) is 13.0 Å². The van der Waals surface area contributed by atoms with Gasteiger partial charge < -0.3 is 0 Å². The number of aromatic nitrogens is 1. The van der Waals surface area contributed by atoms with E-state index in [0.29, 0.717) is 0 Å². The molecule has 0 saturated carbocycles. The smallest absolute Gasteiger partial charge is 0.0916 e. The molecule has 1 aromatic heterocycles. The summed E-state index contributed by atoms with van der Waals surface area (Å²) >= 11 is 0. The van der Waals surface area contributed by atoms with Gasteiger partial charge in [-0.25, -0.2) is 0 Å². The first kappa shape index (κ1) is 9.28. The summed E-state index contributed by atoms with van der Waals surface area (Å²) < 4.78 is 0. The van der Waals surface area contributed by atoms with Gasteiger partial charge in [-0.15, -0.1) is 0 Å². The Morgan fingerprint density at radius 3 is 3.00 bits per heavy atom. The summed E-state index contributed by atoms with van der Waals surface area (Å²) in [5.41, 5.74) is 4.24. The van der Waals surface area contributed by atoms with Gasteiger partial charge in [0.15, 0.2) is 0 Å². The third-order valence-corrected chi connectivity index (χ3v) is 2.83. The van der Waals surface area contributed by atoms with E-state index in [9.17, 15) is 0 Å². The Labute approximate surface area is 94.4 Å². The maximum absolute atomic E-state index is 4.58. The van der Waals surface area contributed by atoms with Crippen molar-refractivity contribution < 1.29 is 0 Å². The van der Waals surface area contributed by atoms with Crippen LogP contribution in [-0.2, 0) is 0 Å². The van der Waals surface area contributed by atoms with Crippen molar-refractivity contribution >= 4 is 28.9 Å². The normalized spacial score (nSPS) is 13.8. The second kappa shape index (κ2) is 3.56. The molecule has 2 nitrogen and oxygen atoms in total. The van der Waals surface area contributed by atoms with E-state index >= 15 is 0 Å². The van der Waals surface area contributed by atoms with Gasteiger partial charge in [0.2, 0.25) is 0 Å². The fraction of sp³-hybridized carbons (Fsp3) is 0.143. The van der Waals surface area contributed by atoms with E-state index in [0.717, 1.165) is 23.3 Å². The molecule has 0 radical (unpaired) electrons. The first-order valence-corrected chi connectivity index (χ1v) is 5.44. The lowest BCUT2D eigenvalue weighted by atomic mass is 10.1. The second-order valence-electron chi connectivity index (χ2n) is 3.93. The molecule has 0 aliphatic carbocycles. The predicted octanol–water partition coefficient (Wildman–Crippen LogP) is 3.66. The second-order valence-corrected chi connectivity index (χ2v) is 3.93. The van der Waals surface area contributed by atoms with E-state index in [1.807, 2.05) is 31.3 Å². The van der Waals surface area contributed by atoms with E-state index in [1.54, 1.807) is 0 Å². The van der Waals surface area contributed by atoms with Gasteiger partial charge in [-0.2, -0.15) is 0 Å². The summed E-state index contributed by atoms with van der Waals surface area (Å²) in [6.07, 6.45) is 7.12. The van der Waals surface area contributed by atoms with Crippen LogP contribution in [0.25, 0.3) is 17.0 Å². The Morgan fingerprint density at radius 2 is 2.06 bits per heavy atom. The van der Waals surface area contributed by atoms with Gasteiger partial charge in [0.25, 0.3) is 0 Å². The summed E-state index contributed by atoms with van der Waals surface area (Å²) in [4.78, 5) is 9.07.